The number of H-pyrrole nitrogens is 1. The van der Waals surface area contributed by atoms with Crippen LogP contribution in [0.3, 0.4) is 0 Å². The van der Waals surface area contributed by atoms with Crippen LogP contribution in [0.2, 0.25) is 0 Å². The molecule has 2 N–H and O–H groups in total. The van der Waals surface area contributed by atoms with Gasteiger partial charge < -0.3 is 4.98 Å². The van der Waals surface area contributed by atoms with Crippen LogP contribution in [-0.2, 0) is 16.4 Å². The van der Waals surface area contributed by atoms with Crippen LogP contribution >= 0.6 is 0 Å². The van der Waals surface area contributed by atoms with Gasteiger partial charge in [-0.1, -0.05) is 13.3 Å². The van der Waals surface area contributed by atoms with Crippen molar-refractivity contribution >= 4 is 10.0 Å². The molecule has 7 heteroatoms. The second-order valence-corrected chi connectivity index (χ2v) is 6.08. The van der Waals surface area contributed by atoms with Crippen LogP contribution in [0.4, 0.5) is 0 Å². The molecule has 0 unspecified atom stereocenters. The Labute approximate surface area is 107 Å². The molecule has 1 aromatic heterocycles. The number of unbranched alkanes of at least 4 members (excludes halogenated alkanes) is 1. The first-order chi connectivity index (χ1) is 8.43. The average Bonchev–Trinajstić information content (AvgIpc) is 2.25. The summed E-state index contributed by atoms with van der Waals surface area (Å²) in [6, 6.07) is 1.40. The summed E-state index contributed by atoms with van der Waals surface area (Å²) in [4.78, 5) is 17.9. The minimum absolute atomic E-state index is 0.140. The third kappa shape index (κ3) is 5.42. The van der Waals surface area contributed by atoms with Gasteiger partial charge in [0.05, 0.1) is 5.75 Å². The molecule has 0 amide bonds. The molecule has 0 fully saturated rings. The number of aromatic nitrogens is 2. The Morgan fingerprint density at radius 3 is 2.78 bits per heavy atom. The van der Waals surface area contributed by atoms with Crippen molar-refractivity contribution in [1.82, 2.24) is 14.7 Å². The largest absolute Gasteiger partial charge is 0.311 e. The third-order valence-corrected chi connectivity index (χ3v) is 3.84. The lowest BCUT2D eigenvalue weighted by Gasteiger charge is -2.05. The number of nitrogens with one attached hydrogen (secondary N) is 2. The lowest BCUT2D eigenvalue weighted by atomic mass is 10.3. The van der Waals surface area contributed by atoms with E-state index in [2.05, 4.69) is 14.7 Å². The fourth-order valence-electron chi connectivity index (χ4n) is 1.49. The second-order valence-electron chi connectivity index (χ2n) is 4.15. The maximum absolute atomic E-state index is 11.5. The summed E-state index contributed by atoms with van der Waals surface area (Å²) in [7, 11) is -3.20. The molecular weight excluding hydrogens is 254 g/mol. The zero-order chi connectivity index (χ0) is 13.6. The van der Waals surface area contributed by atoms with Crippen LogP contribution in [0.5, 0.6) is 0 Å². The molecule has 0 spiro atoms. The molecule has 18 heavy (non-hydrogen) atoms. The van der Waals surface area contributed by atoms with Crippen LogP contribution < -0.4 is 10.3 Å². The number of hydrogen-bond donors (Lipinski definition) is 2. The number of hydrogen-bond acceptors (Lipinski definition) is 4. The molecule has 0 saturated carbocycles. The Kier molecular flexibility index (Phi) is 5.49. The zero-order valence-corrected chi connectivity index (χ0v) is 11.5. The summed E-state index contributed by atoms with van der Waals surface area (Å²) >= 11 is 0. The number of aromatic amines is 1. The molecule has 0 aliphatic rings. The number of rotatable bonds is 7. The monoisotopic (exact) mass is 273 g/mol. The van der Waals surface area contributed by atoms with Crippen molar-refractivity contribution in [2.45, 2.75) is 33.1 Å². The topological polar surface area (TPSA) is 91.9 Å². The Balaban J connectivity index is 2.49. The Hall–Kier alpha value is -1.21. The van der Waals surface area contributed by atoms with Gasteiger partial charge in [-0.3, -0.25) is 4.79 Å². The smallest absolute Gasteiger partial charge is 0.251 e. The van der Waals surface area contributed by atoms with Crippen LogP contribution in [0.15, 0.2) is 10.9 Å². The molecule has 0 bridgehead atoms. The summed E-state index contributed by atoms with van der Waals surface area (Å²) in [5.41, 5.74) is 0.411. The summed E-state index contributed by atoms with van der Waals surface area (Å²) in [5, 5.41) is 0. The molecule has 0 aromatic carbocycles. The van der Waals surface area contributed by atoms with Crippen molar-refractivity contribution in [3.8, 4) is 0 Å². The van der Waals surface area contributed by atoms with E-state index in [0.717, 1.165) is 6.42 Å². The maximum Gasteiger partial charge on any atom is 0.251 e. The van der Waals surface area contributed by atoms with E-state index >= 15 is 0 Å². The Bertz CT molecular complexity index is 537. The number of sulfonamides is 1. The van der Waals surface area contributed by atoms with Gasteiger partial charge in [-0.25, -0.2) is 18.1 Å². The van der Waals surface area contributed by atoms with Crippen molar-refractivity contribution in [2.75, 3.05) is 12.3 Å². The standard InChI is InChI=1S/C11H19N3O3S/c1-3-4-7-18(16,17)12-6-5-10-13-9(2)8-11(15)14-10/h8,12H,3-7H2,1-2H3,(H,13,14,15). The van der Waals surface area contributed by atoms with Gasteiger partial charge in [0.2, 0.25) is 10.0 Å². The van der Waals surface area contributed by atoms with E-state index in [1.807, 2.05) is 6.92 Å². The average molecular weight is 273 g/mol. The number of nitrogens with zero attached hydrogens (tertiary/aromatic N) is 1. The fraction of sp³-hybridized carbons (Fsp3) is 0.636. The predicted octanol–water partition coefficient (Wildman–Crippen LogP) is 0.340. The molecule has 102 valence electrons. The molecule has 0 atom stereocenters. The van der Waals surface area contributed by atoms with E-state index < -0.39 is 10.0 Å². The lowest BCUT2D eigenvalue weighted by molar-refractivity contribution is 0.577. The fourth-order valence-corrected chi connectivity index (χ4v) is 2.72. The first-order valence-corrected chi connectivity index (χ1v) is 7.62. The van der Waals surface area contributed by atoms with Crippen LogP contribution in [0, 0.1) is 6.92 Å². The summed E-state index contributed by atoms with van der Waals surface area (Å²) in [6.45, 7) is 3.92. The molecule has 6 nitrogen and oxygen atoms in total. The van der Waals surface area contributed by atoms with Crippen LogP contribution in [0.1, 0.15) is 31.3 Å². The van der Waals surface area contributed by atoms with Gasteiger partial charge in [0.25, 0.3) is 5.56 Å². The molecule has 0 saturated heterocycles. The van der Waals surface area contributed by atoms with E-state index in [9.17, 15) is 13.2 Å². The molecule has 1 heterocycles. The molecule has 0 radical (unpaired) electrons. The van der Waals surface area contributed by atoms with Gasteiger partial charge in [0, 0.05) is 24.7 Å². The van der Waals surface area contributed by atoms with Gasteiger partial charge in [-0.15, -0.1) is 0 Å². The lowest BCUT2D eigenvalue weighted by Crippen LogP contribution is -2.29. The quantitative estimate of drug-likeness (QED) is 0.749. The minimum atomic E-state index is -3.20. The number of aryl methyl sites for hydroxylation is 1. The summed E-state index contributed by atoms with van der Waals surface area (Å²) in [6.07, 6.45) is 1.87. The van der Waals surface area contributed by atoms with Gasteiger partial charge in [-0.05, 0) is 13.3 Å². The summed E-state index contributed by atoms with van der Waals surface area (Å²) in [5.74, 6) is 0.638. The third-order valence-electron chi connectivity index (χ3n) is 2.37. The second kappa shape index (κ2) is 6.65. The first-order valence-electron chi connectivity index (χ1n) is 5.97. The van der Waals surface area contributed by atoms with Crippen molar-refractivity contribution in [3.05, 3.63) is 27.9 Å². The van der Waals surface area contributed by atoms with E-state index in [1.54, 1.807) is 6.92 Å². The molecule has 0 aliphatic carbocycles. The first kappa shape index (κ1) is 14.8. The highest BCUT2D eigenvalue weighted by Gasteiger charge is 2.08. The Morgan fingerprint density at radius 2 is 2.17 bits per heavy atom. The van der Waals surface area contributed by atoms with E-state index in [4.69, 9.17) is 0 Å². The molecular formula is C11H19N3O3S. The van der Waals surface area contributed by atoms with Crippen LogP contribution in [0.25, 0.3) is 0 Å². The molecule has 1 rings (SSSR count). The van der Waals surface area contributed by atoms with Gasteiger partial charge in [0.1, 0.15) is 5.82 Å². The van der Waals surface area contributed by atoms with Crippen molar-refractivity contribution < 1.29 is 8.42 Å². The van der Waals surface area contributed by atoms with Gasteiger partial charge >= 0.3 is 0 Å². The zero-order valence-electron chi connectivity index (χ0n) is 10.7. The minimum Gasteiger partial charge on any atom is -0.311 e. The van der Waals surface area contributed by atoms with Gasteiger partial charge in [0.15, 0.2) is 0 Å². The molecule has 0 aliphatic heterocycles. The normalized spacial score (nSPS) is 11.7. The van der Waals surface area contributed by atoms with Crippen molar-refractivity contribution in [2.24, 2.45) is 0 Å². The molecule has 1 aromatic rings. The highest BCUT2D eigenvalue weighted by molar-refractivity contribution is 7.89. The predicted molar refractivity (Wildman–Crippen MR) is 70.0 cm³/mol. The van der Waals surface area contributed by atoms with E-state index in [-0.39, 0.29) is 17.9 Å². The van der Waals surface area contributed by atoms with Gasteiger partial charge in [-0.2, -0.15) is 0 Å². The highest BCUT2D eigenvalue weighted by Crippen LogP contribution is 1.95. The van der Waals surface area contributed by atoms with E-state index in [0.29, 0.717) is 24.4 Å². The van der Waals surface area contributed by atoms with Crippen LogP contribution in [-0.4, -0.2) is 30.7 Å². The Morgan fingerprint density at radius 1 is 1.44 bits per heavy atom. The van der Waals surface area contributed by atoms with Crippen molar-refractivity contribution in [1.29, 1.82) is 0 Å². The SMILES string of the molecule is CCCCS(=O)(=O)NCCc1nc(C)cc(=O)[nH]1. The van der Waals surface area contributed by atoms with Crippen molar-refractivity contribution in [3.63, 3.8) is 0 Å². The summed E-state index contributed by atoms with van der Waals surface area (Å²) < 4.78 is 25.5. The highest BCUT2D eigenvalue weighted by atomic mass is 32.2. The van der Waals surface area contributed by atoms with E-state index in [1.165, 1.54) is 6.07 Å². The maximum atomic E-state index is 11.5.